The molecule has 8 nitrogen and oxygen atoms in total. The number of amides is 3. The van der Waals surface area contributed by atoms with Gasteiger partial charge in [0.05, 0.1) is 12.5 Å². The predicted octanol–water partition coefficient (Wildman–Crippen LogP) is -0.660. The average molecular weight is 317 g/mol. The van der Waals surface area contributed by atoms with Crippen molar-refractivity contribution < 1.29 is 24.6 Å². The first-order valence-corrected chi connectivity index (χ1v) is 7.06. The van der Waals surface area contributed by atoms with Gasteiger partial charge in [-0.3, -0.25) is 19.3 Å². The second kappa shape index (κ2) is 5.64. The molecule has 120 valence electrons. The minimum Gasteiger partial charge on any atom is -0.479 e. The van der Waals surface area contributed by atoms with Gasteiger partial charge in [0.25, 0.3) is 11.8 Å². The van der Waals surface area contributed by atoms with E-state index in [9.17, 15) is 14.4 Å². The van der Waals surface area contributed by atoms with Gasteiger partial charge in [-0.15, -0.1) is 0 Å². The first-order valence-electron chi connectivity index (χ1n) is 7.06. The van der Waals surface area contributed by atoms with E-state index in [2.05, 4.69) is 10.6 Å². The minimum absolute atomic E-state index is 0.137. The highest BCUT2D eigenvalue weighted by Crippen LogP contribution is 2.29. The molecule has 0 unspecified atom stereocenters. The fourth-order valence-electron chi connectivity index (χ4n) is 2.79. The molecule has 4 N–H and O–H groups in total. The molecule has 2 aliphatic rings. The second-order valence-corrected chi connectivity index (χ2v) is 5.37. The maximum absolute atomic E-state index is 12.1. The molecule has 0 aliphatic carbocycles. The van der Waals surface area contributed by atoms with E-state index in [0.29, 0.717) is 0 Å². The number of hydrogen-bond acceptors (Lipinski definition) is 5. The lowest BCUT2D eigenvalue weighted by Crippen LogP contribution is -2.76. The molecule has 1 aromatic carbocycles. The summed E-state index contributed by atoms with van der Waals surface area (Å²) in [5.74, 6) is -2.80. The summed E-state index contributed by atoms with van der Waals surface area (Å²) >= 11 is 0. The molecule has 2 fully saturated rings. The summed E-state index contributed by atoms with van der Waals surface area (Å²) < 4.78 is 0. The number of hydrogen-bond donors (Lipinski definition) is 4. The standard InChI is InChI=1S/C15H15N3O5/c19-10(6-8-4-2-1-3-5-8)17-11-9-7-16-13(20)12(15(22)23)18(9)14(11)21/h1-5,9,11,22-23H,6-7H2,(H,16,20)(H,17,19)/t9-,11+/m1/s1. The molecular weight excluding hydrogens is 302 g/mol. The lowest BCUT2D eigenvalue weighted by Gasteiger charge is -2.49. The van der Waals surface area contributed by atoms with Crippen molar-refractivity contribution in [3.8, 4) is 0 Å². The molecule has 2 atom stereocenters. The summed E-state index contributed by atoms with van der Waals surface area (Å²) in [7, 11) is 0. The summed E-state index contributed by atoms with van der Waals surface area (Å²) in [6, 6.07) is 7.77. The first-order chi connectivity index (χ1) is 11.0. The van der Waals surface area contributed by atoms with Crippen molar-refractivity contribution in [2.24, 2.45) is 0 Å². The molecule has 3 rings (SSSR count). The second-order valence-electron chi connectivity index (χ2n) is 5.37. The third kappa shape index (κ3) is 2.59. The van der Waals surface area contributed by atoms with Crippen LogP contribution in [0.2, 0.25) is 0 Å². The van der Waals surface area contributed by atoms with Crippen LogP contribution >= 0.6 is 0 Å². The van der Waals surface area contributed by atoms with Gasteiger partial charge in [-0.1, -0.05) is 30.3 Å². The Kier molecular flexibility index (Phi) is 3.65. The molecule has 3 amide bonds. The van der Waals surface area contributed by atoms with Gasteiger partial charge in [0.1, 0.15) is 6.04 Å². The molecule has 0 bridgehead atoms. The number of β-lactam (4-membered cyclic amide) rings is 1. The summed E-state index contributed by atoms with van der Waals surface area (Å²) in [5, 5.41) is 23.4. The van der Waals surface area contributed by atoms with Gasteiger partial charge >= 0.3 is 5.95 Å². The van der Waals surface area contributed by atoms with Crippen LogP contribution in [0.1, 0.15) is 5.56 Å². The topological polar surface area (TPSA) is 119 Å². The van der Waals surface area contributed by atoms with Crippen molar-refractivity contribution in [1.29, 1.82) is 0 Å². The van der Waals surface area contributed by atoms with E-state index >= 15 is 0 Å². The number of nitrogens with one attached hydrogen (secondary N) is 2. The lowest BCUT2D eigenvalue weighted by molar-refractivity contribution is -0.155. The van der Waals surface area contributed by atoms with E-state index in [0.717, 1.165) is 10.5 Å². The summed E-state index contributed by atoms with van der Waals surface area (Å²) in [5.41, 5.74) is 0.332. The molecule has 2 saturated heterocycles. The van der Waals surface area contributed by atoms with Crippen molar-refractivity contribution in [1.82, 2.24) is 15.5 Å². The molecule has 1 aromatic rings. The number of aliphatic hydroxyl groups is 2. The van der Waals surface area contributed by atoms with Gasteiger partial charge in [0, 0.05) is 6.54 Å². The molecular formula is C15H15N3O5. The fraction of sp³-hybridized carbons (Fsp3) is 0.267. The maximum Gasteiger partial charge on any atom is 0.305 e. The zero-order valence-corrected chi connectivity index (χ0v) is 12.0. The van der Waals surface area contributed by atoms with Crippen LogP contribution in [0.5, 0.6) is 0 Å². The summed E-state index contributed by atoms with van der Waals surface area (Å²) in [6.07, 6.45) is 0.137. The van der Waals surface area contributed by atoms with Crippen molar-refractivity contribution in [3.05, 3.63) is 47.5 Å². The van der Waals surface area contributed by atoms with E-state index in [1.165, 1.54) is 0 Å². The fourth-order valence-corrected chi connectivity index (χ4v) is 2.79. The van der Waals surface area contributed by atoms with Gasteiger partial charge in [-0.25, -0.2) is 0 Å². The van der Waals surface area contributed by atoms with Gasteiger partial charge in [0.15, 0.2) is 5.70 Å². The predicted molar refractivity (Wildman–Crippen MR) is 78.0 cm³/mol. The number of fused-ring (bicyclic) bond motifs is 1. The van der Waals surface area contributed by atoms with Gasteiger partial charge in [0.2, 0.25) is 5.91 Å². The molecule has 0 radical (unpaired) electrons. The highest BCUT2D eigenvalue weighted by molar-refractivity contribution is 6.05. The summed E-state index contributed by atoms with van der Waals surface area (Å²) in [6.45, 7) is 0.137. The number of benzene rings is 1. The minimum atomic E-state index is -1.21. The zero-order chi connectivity index (χ0) is 16.6. The molecule has 2 aliphatic heterocycles. The molecule has 23 heavy (non-hydrogen) atoms. The Morgan fingerprint density at radius 3 is 2.61 bits per heavy atom. The van der Waals surface area contributed by atoms with Gasteiger partial charge in [-0.2, -0.15) is 0 Å². The monoisotopic (exact) mass is 317 g/mol. The lowest BCUT2D eigenvalue weighted by atomic mass is 9.91. The highest BCUT2D eigenvalue weighted by Gasteiger charge is 2.54. The van der Waals surface area contributed by atoms with Crippen LogP contribution in [0.15, 0.2) is 42.0 Å². The number of piperazine rings is 1. The zero-order valence-electron chi connectivity index (χ0n) is 12.0. The number of nitrogens with zero attached hydrogens (tertiary/aromatic N) is 1. The largest absolute Gasteiger partial charge is 0.479 e. The van der Waals surface area contributed by atoms with Crippen LogP contribution in [0, 0.1) is 0 Å². The average Bonchev–Trinajstić information content (AvgIpc) is 2.53. The normalized spacial score (nSPS) is 22.8. The Balaban J connectivity index is 1.67. The molecule has 8 heteroatoms. The number of aliphatic hydroxyl groups excluding tert-OH is 1. The number of carbonyl (C=O) groups excluding carboxylic acids is 3. The van der Waals surface area contributed by atoms with Gasteiger partial charge in [-0.05, 0) is 5.56 Å². The van der Waals surface area contributed by atoms with Crippen molar-refractivity contribution in [2.75, 3.05) is 6.54 Å². The molecule has 0 aromatic heterocycles. The SMILES string of the molecule is O=C(Cc1ccccc1)N[C@@H]1C(=O)N2C(=C(O)O)C(=O)NC[C@H]12. The van der Waals surface area contributed by atoms with Crippen LogP contribution < -0.4 is 10.6 Å². The van der Waals surface area contributed by atoms with E-state index in [1.54, 1.807) is 12.1 Å². The molecule has 0 saturated carbocycles. The van der Waals surface area contributed by atoms with E-state index in [-0.39, 0.29) is 18.9 Å². The Hall–Kier alpha value is -3.03. The smallest absolute Gasteiger partial charge is 0.305 e. The Morgan fingerprint density at radius 1 is 1.26 bits per heavy atom. The third-order valence-electron chi connectivity index (χ3n) is 3.88. The van der Waals surface area contributed by atoms with Gasteiger partial charge < -0.3 is 20.8 Å². The van der Waals surface area contributed by atoms with E-state index < -0.39 is 35.5 Å². The maximum atomic E-state index is 12.1. The Bertz CT molecular complexity index is 696. The molecule has 0 spiro atoms. The van der Waals surface area contributed by atoms with Crippen LogP contribution in [0.25, 0.3) is 0 Å². The van der Waals surface area contributed by atoms with Crippen molar-refractivity contribution in [3.63, 3.8) is 0 Å². The molecule has 2 heterocycles. The Labute approximate surface area is 131 Å². The van der Waals surface area contributed by atoms with Crippen LogP contribution in [-0.2, 0) is 20.8 Å². The van der Waals surface area contributed by atoms with Crippen LogP contribution in [0.4, 0.5) is 0 Å². The van der Waals surface area contributed by atoms with Crippen LogP contribution in [-0.4, -0.2) is 51.5 Å². The highest BCUT2D eigenvalue weighted by atomic mass is 16.5. The Morgan fingerprint density at radius 2 is 1.96 bits per heavy atom. The van der Waals surface area contributed by atoms with E-state index in [1.807, 2.05) is 18.2 Å². The van der Waals surface area contributed by atoms with Crippen molar-refractivity contribution in [2.45, 2.75) is 18.5 Å². The third-order valence-corrected chi connectivity index (χ3v) is 3.88. The van der Waals surface area contributed by atoms with Crippen LogP contribution in [0.3, 0.4) is 0 Å². The number of carbonyl (C=O) groups is 3. The quantitative estimate of drug-likeness (QED) is 0.335. The summed E-state index contributed by atoms with van der Waals surface area (Å²) in [4.78, 5) is 36.7. The number of rotatable bonds is 3. The van der Waals surface area contributed by atoms with Crippen molar-refractivity contribution >= 4 is 17.7 Å². The first kappa shape index (κ1) is 14.9. The van der Waals surface area contributed by atoms with E-state index in [4.69, 9.17) is 10.2 Å².